The first kappa shape index (κ1) is 17.7. The second-order valence-electron chi connectivity index (χ2n) is 5.21. The van der Waals surface area contributed by atoms with Crippen molar-refractivity contribution in [3.8, 4) is 0 Å². The summed E-state index contributed by atoms with van der Waals surface area (Å²) in [5, 5.41) is 5.20. The Morgan fingerprint density at radius 3 is 2.60 bits per heavy atom. The molecule has 1 saturated heterocycles. The van der Waals surface area contributed by atoms with Crippen LogP contribution in [0.2, 0.25) is 5.02 Å². The average Bonchev–Trinajstić information content (AvgIpc) is 3.10. The molecule has 0 bridgehead atoms. The standard InChI is InChI=1S/C15H16ClN3O5S/c16-12-4-3-11(25(21,22)19-5-8-23-9-6-19)10-13(12)17-15(20)18-14-2-1-7-24-14/h1-4,7,10H,5-6,8-9H2,(H2,17,18,20). The van der Waals surface area contributed by atoms with Crippen molar-refractivity contribution in [1.29, 1.82) is 0 Å². The molecular formula is C15H16ClN3O5S. The summed E-state index contributed by atoms with van der Waals surface area (Å²) in [7, 11) is -3.68. The summed E-state index contributed by atoms with van der Waals surface area (Å²) in [6.45, 7) is 1.27. The van der Waals surface area contributed by atoms with E-state index in [1.807, 2.05) is 0 Å². The summed E-state index contributed by atoms with van der Waals surface area (Å²) in [6, 6.07) is 6.76. The maximum Gasteiger partial charge on any atom is 0.326 e. The first-order chi connectivity index (χ1) is 12.0. The van der Waals surface area contributed by atoms with Crippen LogP contribution in [-0.4, -0.2) is 45.1 Å². The predicted molar refractivity (Wildman–Crippen MR) is 92.4 cm³/mol. The molecule has 1 aliphatic rings. The average molecular weight is 386 g/mol. The fourth-order valence-corrected chi connectivity index (χ4v) is 3.91. The molecule has 3 rings (SSSR count). The molecule has 1 aromatic heterocycles. The molecule has 2 N–H and O–H groups in total. The van der Waals surface area contributed by atoms with Gasteiger partial charge < -0.3 is 14.5 Å². The van der Waals surface area contributed by atoms with Crippen molar-refractivity contribution in [3.63, 3.8) is 0 Å². The van der Waals surface area contributed by atoms with Gasteiger partial charge in [-0.25, -0.2) is 13.2 Å². The number of morpholine rings is 1. The zero-order valence-electron chi connectivity index (χ0n) is 13.1. The van der Waals surface area contributed by atoms with Crippen LogP contribution in [0.15, 0.2) is 45.9 Å². The lowest BCUT2D eigenvalue weighted by atomic mass is 10.3. The van der Waals surface area contributed by atoms with E-state index >= 15 is 0 Å². The second-order valence-corrected chi connectivity index (χ2v) is 7.56. The van der Waals surface area contributed by atoms with Crippen molar-refractivity contribution in [1.82, 2.24) is 4.31 Å². The minimum Gasteiger partial charge on any atom is -0.449 e. The minimum atomic E-state index is -3.68. The van der Waals surface area contributed by atoms with Gasteiger partial charge in [-0.2, -0.15) is 4.31 Å². The van der Waals surface area contributed by atoms with Crippen LogP contribution in [0.25, 0.3) is 0 Å². The number of nitrogens with zero attached hydrogens (tertiary/aromatic N) is 1. The van der Waals surface area contributed by atoms with Gasteiger partial charge in [-0.15, -0.1) is 0 Å². The molecule has 0 unspecified atom stereocenters. The van der Waals surface area contributed by atoms with Crippen molar-refractivity contribution in [2.45, 2.75) is 4.90 Å². The number of halogens is 1. The Kier molecular flexibility index (Phi) is 5.28. The highest BCUT2D eigenvalue weighted by atomic mass is 35.5. The number of urea groups is 1. The molecule has 0 radical (unpaired) electrons. The third kappa shape index (κ3) is 4.13. The molecule has 0 saturated carbocycles. The van der Waals surface area contributed by atoms with Gasteiger partial charge in [0.25, 0.3) is 0 Å². The van der Waals surface area contributed by atoms with Crippen LogP contribution in [0, 0.1) is 0 Å². The Bertz CT molecular complexity index is 848. The van der Waals surface area contributed by atoms with Gasteiger partial charge in [0.05, 0.1) is 35.1 Å². The number of amides is 2. The number of nitrogens with one attached hydrogen (secondary N) is 2. The number of benzene rings is 1. The van der Waals surface area contributed by atoms with Gasteiger partial charge in [-0.1, -0.05) is 11.6 Å². The fourth-order valence-electron chi connectivity index (χ4n) is 2.31. The summed E-state index contributed by atoms with van der Waals surface area (Å²) in [5.74, 6) is 0.255. The van der Waals surface area contributed by atoms with Gasteiger partial charge in [0, 0.05) is 19.2 Å². The maximum absolute atomic E-state index is 12.7. The van der Waals surface area contributed by atoms with E-state index < -0.39 is 16.1 Å². The highest BCUT2D eigenvalue weighted by Gasteiger charge is 2.27. The number of sulfonamides is 1. The van der Waals surface area contributed by atoms with Crippen LogP contribution >= 0.6 is 11.6 Å². The second kappa shape index (κ2) is 7.44. The molecule has 1 aliphatic heterocycles. The molecule has 2 aromatic rings. The molecule has 1 fully saturated rings. The Hall–Kier alpha value is -2.07. The smallest absolute Gasteiger partial charge is 0.326 e. The first-order valence-corrected chi connectivity index (χ1v) is 9.27. The number of anilines is 2. The number of ether oxygens (including phenoxy) is 1. The first-order valence-electron chi connectivity index (χ1n) is 7.46. The number of furan rings is 1. The van der Waals surface area contributed by atoms with Crippen molar-refractivity contribution < 1.29 is 22.4 Å². The van der Waals surface area contributed by atoms with Gasteiger partial charge in [0.1, 0.15) is 0 Å². The van der Waals surface area contributed by atoms with E-state index in [0.29, 0.717) is 13.2 Å². The summed E-state index contributed by atoms with van der Waals surface area (Å²) >= 11 is 6.06. The van der Waals surface area contributed by atoms with Gasteiger partial charge >= 0.3 is 6.03 Å². The fraction of sp³-hybridized carbons (Fsp3) is 0.267. The van der Waals surface area contributed by atoms with E-state index in [0.717, 1.165) is 0 Å². The molecular weight excluding hydrogens is 370 g/mol. The molecule has 2 heterocycles. The third-order valence-electron chi connectivity index (χ3n) is 3.55. The third-order valence-corrected chi connectivity index (χ3v) is 5.78. The van der Waals surface area contributed by atoms with Gasteiger partial charge in [-0.05, 0) is 24.3 Å². The molecule has 10 heteroatoms. The van der Waals surface area contributed by atoms with Crippen LogP contribution in [-0.2, 0) is 14.8 Å². The largest absolute Gasteiger partial charge is 0.449 e. The van der Waals surface area contributed by atoms with Crippen LogP contribution in [0.5, 0.6) is 0 Å². The monoisotopic (exact) mass is 385 g/mol. The zero-order chi connectivity index (χ0) is 17.9. The molecule has 134 valence electrons. The van der Waals surface area contributed by atoms with Crippen LogP contribution in [0.4, 0.5) is 16.4 Å². The lowest BCUT2D eigenvalue weighted by Crippen LogP contribution is -2.40. The van der Waals surface area contributed by atoms with Gasteiger partial charge in [-0.3, -0.25) is 5.32 Å². The molecule has 0 spiro atoms. The number of hydrogen-bond donors (Lipinski definition) is 2. The predicted octanol–water partition coefficient (Wildman–Crippen LogP) is 2.60. The summed E-state index contributed by atoms with van der Waals surface area (Å²) in [5.41, 5.74) is 0.181. The summed E-state index contributed by atoms with van der Waals surface area (Å²) < 4.78 is 36.9. The maximum atomic E-state index is 12.7. The van der Waals surface area contributed by atoms with Crippen LogP contribution in [0.3, 0.4) is 0 Å². The Morgan fingerprint density at radius 2 is 1.92 bits per heavy atom. The van der Waals surface area contributed by atoms with Gasteiger partial charge in [0.2, 0.25) is 15.9 Å². The van der Waals surface area contributed by atoms with Gasteiger partial charge in [0.15, 0.2) is 0 Å². The molecule has 25 heavy (non-hydrogen) atoms. The number of carbonyl (C=O) groups is 1. The quantitative estimate of drug-likeness (QED) is 0.842. The Morgan fingerprint density at radius 1 is 1.16 bits per heavy atom. The SMILES string of the molecule is O=C(Nc1ccco1)Nc1cc(S(=O)(=O)N2CCOCC2)ccc1Cl. The summed E-state index contributed by atoms with van der Waals surface area (Å²) in [4.78, 5) is 12.0. The topological polar surface area (TPSA) is 101 Å². The van der Waals surface area contributed by atoms with E-state index in [1.54, 1.807) is 12.1 Å². The van der Waals surface area contributed by atoms with Crippen molar-refractivity contribution in [2.75, 3.05) is 36.9 Å². The molecule has 0 atom stereocenters. The number of rotatable bonds is 4. The van der Waals surface area contributed by atoms with Crippen molar-refractivity contribution in [2.24, 2.45) is 0 Å². The molecule has 1 aromatic carbocycles. The Labute approximate surface area is 149 Å². The molecule has 8 nitrogen and oxygen atoms in total. The highest BCUT2D eigenvalue weighted by molar-refractivity contribution is 7.89. The zero-order valence-corrected chi connectivity index (χ0v) is 14.6. The normalized spacial score (nSPS) is 15.7. The van der Waals surface area contributed by atoms with Crippen molar-refractivity contribution in [3.05, 3.63) is 41.6 Å². The van der Waals surface area contributed by atoms with E-state index in [4.69, 9.17) is 20.8 Å². The van der Waals surface area contributed by atoms with Crippen molar-refractivity contribution >= 4 is 39.2 Å². The van der Waals surface area contributed by atoms with E-state index in [1.165, 1.54) is 28.8 Å². The number of carbonyl (C=O) groups excluding carboxylic acids is 1. The van der Waals surface area contributed by atoms with E-state index in [-0.39, 0.29) is 34.6 Å². The lowest BCUT2D eigenvalue weighted by Gasteiger charge is -2.26. The number of hydrogen-bond acceptors (Lipinski definition) is 5. The molecule has 0 aliphatic carbocycles. The minimum absolute atomic E-state index is 0.0482. The Balaban J connectivity index is 1.79. The lowest BCUT2D eigenvalue weighted by molar-refractivity contribution is 0.0730. The van der Waals surface area contributed by atoms with E-state index in [9.17, 15) is 13.2 Å². The summed E-state index contributed by atoms with van der Waals surface area (Å²) in [6.07, 6.45) is 1.41. The van der Waals surface area contributed by atoms with Crippen LogP contribution < -0.4 is 10.6 Å². The van der Waals surface area contributed by atoms with Crippen LogP contribution in [0.1, 0.15) is 0 Å². The van der Waals surface area contributed by atoms with E-state index in [2.05, 4.69) is 10.6 Å². The highest BCUT2D eigenvalue weighted by Crippen LogP contribution is 2.27. The molecule has 2 amide bonds.